The third-order valence-electron chi connectivity index (χ3n) is 4.07. The Labute approximate surface area is 183 Å². The topological polar surface area (TPSA) is 134 Å². The second kappa shape index (κ2) is 8.11. The van der Waals surface area contributed by atoms with Gasteiger partial charge in [-0.25, -0.2) is 13.6 Å². The van der Waals surface area contributed by atoms with Crippen molar-refractivity contribution >= 4 is 39.1 Å². The van der Waals surface area contributed by atoms with Crippen molar-refractivity contribution in [2.45, 2.75) is 17.5 Å². The van der Waals surface area contributed by atoms with Crippen molar-refractivity contribution in [2.24, 2.45) is 10.9 Å². The van der Waals surface area contributed by atoms with Crippen LogP contribution in [0.4, 0.5) is 13.2 Å². The fourth-order valence-electron chi connectivity index (χ4n) is 2.89. The van der Waals surface area contributed by atoms with Gasteiger partial charge in [-0.1, -0.05) is 35.3 Å². The second-order valence-corrected chi connectivity index (χ2v) is 8.62. The van der Waals surface area contributed by atoms with Crippen LogP contribution in [0.2, 0.25) is 10.0 Å². The molecule has 0 radical (unpaired) electrons. The van der Waals surface area contributed by atoms with E-state index in [0.29, 0.717) is 11.0 Å². The lowest BCUT2D eigenvalue weighted by atomic mass is 9.96. The van der Waals surface area contributed by atoms with Gasteiger partial charge in [0.2, 0.25) is 15.9 Å². The van der Waals surface area contributed by atoms with Crippen molar-refractivity contribution in [3.8, 4) is 16.8 Å². The molecule has 14 heteroatoms. The minimum Gasteiger partial charge on any atom is -0.369 e. The first kappa shape index (κ1) is 23.0. The van der Waals surface area contributed by atoms with Gasteiger partial charge < -0.3 is 5.73 Å². The third kappa shape index (κ3) is 4.82. The Bertz CT molecular complexity index is 1290. The van der Waals surface area contributed by atoms with Crippen LogP contribution < -0.4 is 10.9 Å². The summed E-state index contributed by atoms with van der Waals surface area (Å²) in [5.74, 6) is -0.795. The lowest BCUT2D eigenvalue weighted by Gasteiger charge is -2.18. The van der Waals surface area contributed by atoms with E-state index in [-0.39, 0.29) is 32.4 Å². The molecule has 1 aromatic heterocycles. The van der Waals surface area contributed by atoms with Crippen molar-refractivity contribution in [1.82, 2.24) is 15.0 Å². The molecule has 3 aromatic rings. The highest BCUT2D eigenvalue weighted by Gasteiger charge is 2.35. The lowest BCUT2D eigenvalue weighted by Crippen LogP contribution is -2.21. The Balaban J connectivity index is 2.42. The molecule has 164 valence electrons. The average molecular weight is 494 g/mol. The number of hydrogen-bond acceptors (Lipinski definition) is 5. The Morgan fingerprint density at radius 1 is 1.16 bits per heavy atom. The number of hydrogen-bond donors (Lipinski definition) is 2. The van der Waals surface area contributed by atoms with E-state index in [4.69, 9.17) is 34.1 Å². The van der Waals surface area contributed by atoms with Gasteiger partial charge in [0.1, 0.15) is 10.6 Å². The highest BCUT2D eigenvalue weighted by atomic mass is 35.5. The number of alkyl halides is 3. The fraction of sp³-hybridized carbons (Fsp3) is 0.118. The summed E-state index contributed by atoms with van der Waals surface area (Å²) >= 11 is 12.1. The molecule has 4 N–H and O–H groups in total. The number of carbonyl (C=O) groups excluding carboxylic acids is 1. The molecule has 1 heterocycles. The number of benzene rings is 2. The van der Waals surface area contributed by atoms with E-state index in [1.165, 1.54) is 24.3 Å². The number of primary sulfonamides is 1. The molecule has 0 aliphatic carbocycles. The van der Waals surface area contributed by atoms with E-state index < -0.39 is 39.1 Å². The molecular formula is C17H12Cl2F3N5O3S. The van der Waals surface area contributed by atoms with Gasteiger partial charge in [0.05, 0.1) is 12.6 Å². The van der Waals surface area contributed by atoms with Gasteiger partial charge in [-0.3, -0.25) is 4.79 Å². The van der Waals surface area contributed by atoms with Gasteiger partial charge in [-0.15, -0.1) is 9.90 Å². The van der Waals surface area contributed by atoms with Gasteiger partial charge >= 0.3 is 6.18 Å². The Morgan fingerprint density at radius 3 is 2.35 bits per heavy atom. The molecule has 8 nitrogen and oxygen atoms in total. The third-order valence-corrected chi connectivity index (χ3v) is 5.60. The maximum Gasteiger partial charge on any atom is 0.436 e. The Morgan fingerprint density at radius 2 is 1.84 bits per heavy atom. The molecule has 3 rings (SSSR count). The normalized spacial score (nSPS) is 12.2. The molecule has 0 atom stereocenters. The van der Waals surface area contributed by atoms with Crippen LogP contribution in [0.5, 0.6) is 0 Å². The molecule has 0 spiro atoms. The maximum absolute atomic E-state index is 13.0. The summed E-state index contributed by atoms with van der Waals surface area (Å²) in [5.41, 5.74) is 3.63. The molecule has 0 aliphatic heterocycles. The van der Waals surface area contributed by atoms with E-state index in [1.54, 1.807) is 0 Å². The fourth-order valence-corrected chi connectivity index (χ4v) is 4.36. The van der Waals surface area contributed by atoms with Gasteiger partial charge in [-0.05, 0) is 23.8 Å². The summed E-state index contributed by atoms with van der Waals surface area (Å²) in [5, 5.41) is 12.5. The van der Waals surface area contributed by atoms with Crippen LogP contribution >= 0.6 is 23.2 Å². The monoisotopic (exact) mass is 493 g/mol. The molecular weight excluding hydrogens is 482 g/mol. The number of halogens is 5. The Kier molecular flexibility index (Phi) is 6.02. The van der Waals surface area contributed by atoms with Crippen LogP contribution in [-0.4, -0.2) is 29.3 Å². The minimum absolute atomic E-state index is 0.00433. The first-order valence-electron chi connectivity index (χ1n) is 8.21. The number of nitrogens with two attached hydrogens (primary N) is 2. The number of primary amides is 1. The smallest absolute Gasteiger partial charge is 0.369 e. The molecule has 0 unspecified atom stereocenters. The summed E-state index contributed by atoms with van der Waals surface area (Å²) in [6, 6.07) is 6.52. The quantitative estimate of drug-likeness (QED) is 0.563. The number of aromatic nitrogens is 3. The first-order chi connectivity index (χ1) is 14.3. The highest BCUT2D eigenvalue weighted by Crippen LogP contribution is 2.39. The summed E-state index contributed by atoms with van der Waals surface area (Å²) in [4.78, 5) is 11.4. The van der Waals surface area contributed by atoms with Crippen molar-refractivity contribution in [2.75, 3.05) is 0 Å². The van der Waals surface area contributed by atoms with Crippen molar-refractivity contribution in [3.05, 3.63) is 57.8 Å². The van der Waals surface area contributed by atoms with Crippen LogP contribution in [0.25, 0.3) is 16.8 Å². The largest absolute Gasteiger partial charge is 0.436 e. The van der Waals surface area contributed by atoms with Crippen molar-refractivity contribution < 1.29 is 26.4 Å². The standard InChI is InChI=1S/C17H12Cl2F3N5O3S/c18-9-2-3-10(11(19)6-9)15-8(5-14(23)28)1-4-12(16(15)31(24,29)30)27-25-7-13(26-27)17(20,21)22/h1-4,6-7H,5H2,(H2,23,28)(H2,24,29,30). The average Bonchev–Trinajstić information content (AvgIpc) is 3.11. The molecule has 1 amide bonds. The molecule has 0 saturated heterocycles. The van der Waals surface area contributed by atoms with E-state index in [2.05, 4.69) is 10.2 Å². The summed E-state index contributed by atoms with van der Waals surface area (Å²) < 4.78 is 63.9. The van der Waals surface area contributed by atoms with E-state index in [0.717, 1.165) is 6.07 Å². The molecule has 0 bridgehead atoms. The SMILES string of the molecule is NC(=O)Cc1ccc(-n2ncc(C(F)(F)F)n2)c(S(N)(=O)=O)c1-c1ccc(Cl)cc1Cl. The Hall–Kier alpha value is -2.67. The first-order valence-corrected chi connectivity index (χ1v) is 10.5. The van der Waals surface area contributed by atoms with Crippen LogP contribution in [-0.2, 0) is 27.4 Å². The van der Waals surface area contributed by atoms with Crippen LogP contribution in [0.3, 0.4) is 0 Å². The molecule has 31 heavy (non-hydrogen) atoms. The summed E-state index contributed by atoms with van der Waals surface area (Å²) in [6.07, 6.45) is -4.79. The molecule has 2 aromatic carbocycles. The van der Waals surface area contributed by atoms with Gasteiger partial charge in [0.25, 0.3) is 0 Å². The van der Waals surface area contributed by atoms with Crippen LogP contribution in [0.15, 0.2) is 41.4 Å². The van der Waals surface area contributed by atoms with Gasteiger partial charge in [-0.2, -0.15) is 18.3 Å². The van der Waals surface area contributed by atoms with E-state index in [1.807, 2.05) is 0 Å². The number of nitrogens with zero attached hydrogens (tertiary/aromatic N) is 3. The maximum atomic E-state index is 13.0. The zero-order valence-electron chi connectivity index (χ0n) is 15.2. The van der Waals surface area contributed by atoms with Crippen molar-refractivity contribution in [1.29, 1.82) is 0 Å². The molecule has 0 fully saturated rings. The lowest BCUT2D eigenvalue weighted by molar-refractivity contribution is -0.141. The molecule has 0 aliphatic rings. The van der Waals surface area contributed by atoms with E-state index in [9.17, 15) is 26.4 Å². The van der Waals surface area contributed by atoms with Crippen molar-refractivity contribution in [3.63, 3.8) is 0 Å². The second-order valence-electron chi connectivity index (χ2n) is 6.28. The summed E-state index contributed by atoms with van der Waals surface area (Å²) in [7, 11) is -4.60. The van der Waals surface area contributed by atoms with Gasteiger partial charge in [0, 0.05) is 21.2 Å². The van der Waals surface area contributed by atoms with Crippen LogP contribution in [0, 0.1) is 0 Å². The van der Waals surface area contributed by atoms with Gasteiger partial charge in [0.15, 0.2) is 5.69 Å². The number of rotatable bonds is 5. The zero-order chi connectivity index (χ0) is 23.1. The predicted octanol–water partition coefficient (Wildman–Crippen LogP) is 2.94. The number of sulfonamides is 1. The predicted molar refractivity (Wildman–Crippen MR) is 106 cm³/mol. The minimum atomic E-state index is -4.81. The molecule has 0 saturated carbocycles. The van der Waals surface area contributed by atoms with E-state index >= 15 is 0 Å². The number of amides is 1. The van der Waals surface area contributed by atoms with Crippen LogP contribution in [0.1, 0.15) is 11.3 Å². The zero-order valence-corrected chi connectivity index (χ0v) is 17.5. The highest BCUT2D eigenvalue weighted by molar-refractivity contribution is 7.89. The summed E-state index contributed by atoms with van der Waals surface area (Å²) in [6.45, 7) is 0. The number of carbonyl (C=O) groups is 1.